The van der Waals surface area contributed by atoms with Gasteiger partial charge in [0.15, 0.2) is 0 Å². The van der Waals surface area contributed by atoms with Crippen molar-refractivity contribution in [3.05, 3.63) is 0 Å². The molecule has 56 valence electrons. The summed E-state index contributed by atoms with van der Waals surface area (Å²) >= 11 is 0. The first kappa shape index (κ1) is 8.92. The Morgan fingerprint density at radius 3 is 1.89 bits per heavy atom. The Hall–Kier alpha value is -0.0800. The second-order valence-electron chi connectivity index (χ2n) is 3.39. The Labute approximate surface area is 57.3 Å². The summed E-state index contributed by atoms with van der Waals surface area (Å²) in [5, 5.41) is 11.8. The highest BCUT2D eigenvalue weighted by atomic mass is 16.3. The standard InChI is InChI=1S/C7H17NO/c1-7(2,3)6(5-9)8-4/h6,8-9H,5H2,1-4H3/t6-/m1/s1. The zero-order chi connectivity index (χ0) is 7.49. The lowest BCUT2D eigenvalue weighted by Gasteiger charge is -2.28. The topological polar surface area (TPSA) is 32.3 Å². The predicted octanol–water partition coefficient (Wildman–Crippen LogP) is 0.613. The quantitative estimate of drug-likeness (QED) is 0.575. The van der Waals surface area contributed by atoms with Gasteiger partial charge in [-0.15, -0.1) is 0 Å². The Bertz CT molecular complexity index is 71.5. The second kappa shape index (κ2) is 3.18. The normalized spacial score (nSPS) is 15.7. The largest absolute Gasteiger partial charge is 0.395 e. The summed E-state index contributed by atoms with van der Waals surface area (Å²) in [5.74, 6) is 0. The molecule has 2 heteroatoms. The third kappa shape index (κ3) is 2.82. The van der Waals surface area contributed by atoms with Gasteiger partial charge in [-0.3, -0.25) is 0 Å². The first-order valence-corrected chi connectivity index (χ1v) is 3.30. The summed E-state index contributed by atoms with van der Waals surface area (Å²) in [4.78, 5) is 0. The van der Waals surface area contributed by atoms with E-state index < -0.39 is 0 Å². The number of likely N-dealkylation sites (N-methyl/N-ethyl adjacent to an activating group) is 1. The number of hydrogen-bond donors (Lipinski definition) is 2. The molecule has 1 atom stereocenters. The van der Waals surface area contributed by atoms with Crippen molar-refractivity contribution in [3.8, 4) is 0 Å². The van der Waals surface area contributed by atoms with Gasteiger partial charge in [-0.25, -0.2) is 0 Å². The van der Waals surface area contributed by atoms with Crippen molar-refractivity contribution >= 4 is 0 Å². The first-order chi connectivity index (χ1) is 4.02. The predicted molar refractivity (Wildman–Crippen MR) is 39.4 cm³/mol. The average Bonchev–Trinajstić information content (AvgIpc) is 1.65. The lowest BCUT2D eigenvalue weighted by atomic mass is 9.87. The van der Waals surface area contributed by atoms with Gasteiger partial charge in [0.25, 0.3) is 0 Å². The monoisotopic (exact) mass is 131 g/mol. The van der Waals surface area contributed by atoms with Crippen molar-refractivity contribution in [3.63, 3.8) is 0 Å². The van der Waals surface area contributed by atoms with Crippen LogP contribution < -0.4 is 5.32 Å². The Morgan fingerprint density at radius 1 is 1.44 bits per heavy atom. The van der Waals surface area contributed by atoms with Gasteiger partial charge in [-0.1, -0.05) is 20.8 Å². The third-order valence-corrected chi connectivity index (χ3v) is 1.58. The molecule has 0 aromatic heterocycles. The van der Waals surface area contributed by atoms with Gasteiger partial charge in [-0.2, -0.15) is 0 Å². The number of rotatable bonds is 2. The summed E-state index contributed by atoms with van der Waals surface area (Å²) in [6.45, 7) is 6.51. The van der Waals surface area contributed by atoms with Crippen molar-refractivity contribution < 1.29 is 5.11 Å². The average molecular weight is 131 g/mol. The minimum Gasteiger partial charge on any atom is -0.395 e. The highest BCUT2D eigenvalue weighted by molar-refractivity contribution is 4.77. The molecule has 2 N–H and O–H groups in total. The summed E-state index contributed by atoms with van der Waals surface area (Å²) in [6.07, 6.45) is 0. The van der Waals surface area contributed by atoms with E-state index in [0.717, 1.165) is 0 Å². The smallest absolute Gasteiger partial charge is 0.0589 e. The van der Waals surface area contributed by atoms with E-state index in [1.165, 1.54) is 0 Å². The lowest BCUT2D eigenvalue weighted by Crippen LogP contribution is -2.40. The fraction of sp³-hybridized carbons (Fsp3) is 1.00. The van der Waals surface area contributed by atoms with Crippen LogP contribution in [0.15, 0.2) is 0 Å². The van der Waals surface area contributed by atoms with E-state index in [4.69, 9.17) is 5.11 Å². The molecule has 0 unspecified atom stereocenters. The molecule has 0 aliphatic rings. The van der Waals surface area contributed by atoms with Crippen LogP contribution >= 0.6 is 0 Å². The summed E-state index contributed by atoms with van der Waals surface area (Å²) in [7, 11) is 1.87. The van der Waals surface area contributed by atoms with Crippen molar-refractivity contribution in [2.75, 3.05) is 13.7 Å². The van der Waals surface area contributed by atoms with E-state index >= 15 is 0 Å². The molecule has 0 aliphatic heterocycles. The SMILES string of the molecule is CN[C@H](CO)C(C)(C)C. The molecule has 0 heterocycles. The van der Waals surface area contributed by atoms with Crippen molar-refractivity contribution in [2.45, 2.75) is 26.8 Å². The van der Waals surface area contributed by atoms with Crippen LogP contribution in [0.5, 0.6) is 0 Å². The van der Waals surface area contributed by atoms with Gasteiger partial charge >= 0.3 is 0 Å². The van der Waals surface area contributed by atoms with Gasteiger partial charge in [0.1, 0.15) is 0 Å². The minimum absolute atomic E-state index is 0.156. The van der Waals surface area contributed by atoms with E-state index in [1.807, 2.05) is 7.05 Å². The molecule has 0 fully saturated rings. The molecule has 0 rings (SSSR count). The molecule has 0 amide bonds. The lowest BCUT2D eigenvalue weighted by molar-refractivity contribution is 0.166. The van der Waals surface area contributed by atoms with Crippen LogP contribution in [0.3, 0.4) is 0 Å². The summed E-state index contributed by atoms with van der Waals surface area (Å²) in [5.41, 5.74) is 0.156. The highest BCUT2D eigenvalue weighted by Crippen LogP contribution is 2.17. The Balaban J connectivity index is 3.79. The first-order valence-electron chi connectivity index (χ1n) is 3.30. The van der Waals surface area contributed by atoms with Crippen LogP contribution in [-0.2, 0) is 0 Å². The van der Waals surface area contributed by atoms with Gasteiger partial charge in [0, 0.05) is 6.04 Å². The van der Waals surface area contributed by atoms with Crippen LogP contribution in [0.25, 0.3) is 0 Å². The molecule has 0 aromatic rings. The number of nitrogens with one attached hydrogen (secondary N) is 1. The zero-order valence-corrected chi connectivity index (χ0v) is 6.73. The van der Waals surface area contributed by atoms with E-state index in [2.05, 4.69) is 26.1 Å². The molecule has 2 nitrogen and oxygen atoms in total. The van der Waals surface area contributed by atoms with E-state index in [1.54, 1.807) is 0 Å². The van der Waals surface area contributed by atoms with Crippen molar-refractivity contribution in [1.82, 2.24) is 5.32 Å². The molecule has 0 spiro atoms. The number of hydrogen-bond acceptors (Lipinski definition) is 2. The van der Waals surface area contributed by atoms with E-state index in [0.29, 0.717) is 0 Å². The van der Waals surface area contributed by atoms with Crippen LogP contribution in [0.4, 0.5) is 0 Å². The number of aliphatic hydroxyl groups is 1. The summed E-state index contributed by atoms with van der Waals surface area (Å²) in [6, 6.07) is 0.206. The zero-order valence-electron chi connectivity index (χ0n) is 6.73. The molecule has 9 heavy (non-hydrogen) atoms. The number of aliphatic hydroxyl groups excluding tert-OH is 1. The van der Waals surface area contributed by atoms with Crippen molar-refractivity contribution in [1.29, 1.82) is 0 Å². The fourth-order valence-corrected chi connectivity index (χ4v) is 0.798. The Morgan fingerprint density at radius 2 is 1.89 bits per heavy atom. The van der Waals surface area contributed by atoms with Gasteiger partial charge in [-0.05, 0) is 12.5 Å². The molecule has 0 bridgehead atoms. The highest BCUT2D eigenvalue weighted by Gasteiger charge is 2.21. The van der Waals surface area contributed by atoms with Crippen LogP contribution in [0, 0.1) is 5.41 Å². The Kier molecular flexibility index (Phi) is 3.15. The molecule has 0 aromatic carbocycles. The van der Waals surface area contributed by atoms with Crippen LogP contribution in [0.1, 0.15) is 20.8 Å². The molecule has 0 radical (unpaired) electrons. The molecule has 0 saturated heterocycles. The minimum atomic E-state index is 0.156. The fourth-order valence-electron chi connectivity index (χ4n) is 0.798. The van der Waals surface area contributed by atoms with E-state index in [9.17, 15) is 0 Å². The summed E-state index contributed by atoms with van der Waals surface area (Å²) < 4.78 is 0. The van der Waals surface area contributed by atoms with Gasteiger partial charge in [0.2, 0.25) is 0 Å². The third-order valence-electron chi connectivity index (χ3n) is 1.58. The molecular weight excluding hydrogens is 114 g/mol. The van der Waals surface area contributed by atoms with Gasteiger partial charge < -0.3 is 10.4 Å². The van der Waals surface area contributed by atoms with Crippen LogP contribution in [0.2, 0.25) is 0 Å². The molecule has 0 saturated carbocycles. The maximum Gasteiger partial charge on any atom is 0.0589 e. The van der Waals surface area contributed by atoms with Crippen LogP contribution in [-0.4, -0.2) is 24.8 Å². The molecular formula is C7H17NO. The van der Waals surface area contributed by atoms with Crippen molar-refractivity contribution in [2.24, 2.45) is 5.41 Å². The van der Waals surface area contributed by atoms with Gasteiger partial charge in [0.05, 0.1) is 6.61 Å². The van der Waals surface area contributed by atoms with E-state index in [-0.39, 0.29) is 18.1 Å². The maximum atomic E-state index is 8.80. The second-order valence-corrected chi connectivity index (χ2v) is 3.39. The molecule has 0 aliphatic carbocycles. The maximum absolute atomic E-state index is 8.80.